The van der Waals surface area contributed by atoms with Gasteiger partial charge >= 0.3 is 0 Å². The van der Waals surface area contributed by atoms with Crippen LogP contribution in [0.15, 0.2) is 89.5 Å². The van der Waals surface area contributed by atoms with Crippen molar-refractivity contribution in [2.45, 2.75) is 44.5 Å². The first-order valence-corrected chi connectivity index (χ1v) is 15.8. The molecule has 3 aromatic carbocycles. The Labute approximate surface area is 266 Å². The van der Waals surface area contributed by atoms with Crippen molar-refractivity contribution in [2.24, 2.45) is 0 Å². The molecule has 8 nitrogen and oxygen atoms in total. The molecule has 0 aliphatic carbocycles. The molecule has 4 aromatic rings. The van der Waals surface area contributed by atoms with Gasteiger partial charge in [0.05, 0.1) is 58.1 Å². The fraction of sp³-hybridized carbons (Fsp3) is 0.405. The van der Waals surface area contributed by atoms with Crippen molar-refractivity contribution in [3.05, 3.63) is 102 Å². The smallest absolute Gasteiger partial charge is 0.137 e. The molecule has 0 bridgehead atoms. The zero-order chi connectivity index (χ0) is 31.1. The highest BCUT2D eigenvalue weighted by atomic mass is 16.5. The Kier molecular flexibility index (Phi) is 12.7. The third-order valence-corrected chi connectivity index (χ3v) is 7.93. The van der Waals surface area contributed by atoms with E-state index in [2.05, 4.69) is 41.7 Å². The predicted molar refractivity (Wildman–Crippen MR) is 174 cm³/mol. The minimum Gasteiger partial charge on any atom is -0.496 e. The lowest BCUT2D eigenvalue weighted by Gasteiger charge is -2.32. The number of nitrogens with one attached hydrogen (secondary N) is 1. The van der Waals surface area contributed by atoms with E-state index in [-0.39, 0.29) is 6.10 Å². The number of ether oxygens (including phenoxy) is 6. The lowest BCUT2D eigenvalue weighted by Crippen LogP contribution is -2.40. The van der Waals surface area contributed by atoms with Crippen LogP contribution >= 0.6 is 0 Å². The van der Waals surface area contributed by atoms with E-state index in [1.165, 1.54) is 5.56 Å². The molecule has 240 valence electrons. The Morgan fingerprint density at radius 3 is 2.47 bits per heavy atom. The first kappa shape index (κ1) is 32.6. The SMILES string of the molecule is COCCCOc1cc(CO[C@H]2CNCC[C@@H]2c2ccc(OCCCOCc3ccccc3OC)cc2)ccc1-c1ccco1. The third-order valence-electron chi connectivity index (χ3n) is 7.93. The summed E-state index contributed by atoms with van der Waals surface area (Å²) in [7, 11) is 3.38. The van der Waals surface area contributed by atoms with Crippen LogP contribution < -0.4 is 19.5 Å². The maximum Gasteiger partial charge on any atom is 0.137 e. The Hall–Kier alpha value is -3.82. The molecule has 45 heavy (non-hydrogen) atoms. The Balaban J connectivity index is 1.11. The summed E-state index contributed by atoms with van der Waals surface area (Å²) in [5.74, 6) is 3.59. The number of hydrogen-bond donors (Lipinski definition) is 1. The van der Waals surface area contributed by atoms with E-state index in [9.17, 15) is 0 Å². The first-order chi connectivity index (χ1) is 22.2. The Morgan fingerprint density at radius 2 is 1.64 bits per heavy atom. The van der Waals surface area contributed by atoms with Crippen LogP contribution in [-0.4, -0.2) is 59.8 Å². The second-order valence-electron chi connectivity index (χ2n) is 11.1. The molecular formula is C37H45NO7. The van der Waals surface area contributed by atoms with Crippen molar-refractivity contribution < 1.29 is 32.8 Å². The molecule has 0 radical (unpaired) electrons. The average molecular weight is 616 g/mol. The van der Waals surface area contributed by atoms with E-state index < -0.39 is 0 Å². The van der Waals surface area contributed by atoms with Gasteiger partial charge in [0.25, 0.3) is 0 Å². The van der Waals surface area contributed by atoms with E-state index in [1.807, 2.05) is 42.5 Å². The maximum atomic E-state index is 6.53. The number of furan rings is 1. The fourth-order valence-electron chi connectivity index (χ4n) is 5.55. The molecule has 0 amide bonds. The van der Waals surface area contributed by atoms with Crippen LogP contribution in [0.1, 0.15) is 41.9 Å². The van der Waals surface area contributed by atoms with Gasteiger partial charge in [0, 0.05) is 44.6 Å². The number of hydrogen-bond acceptors (Lipinski definition) is 8. The molecular weight excluding hydrogens is 570 g/mol. The molecule has 5 rings (SSSR count). The van der Waals surface area contributed by atoms with E-state index in [1.54, 1.807) is 20.5 Å². The topological polar surface area (TPSA) is 80.6 Å². The van der Waals surface area contributed by atoms with Gasteiger partial charge < -0.3 is 38.2 Å². The summed E-state index contributed by atoms with van der Waals surface area (Å²) in [5.41, 5.74) is 4.31. The number of benzene rings is 3. The fourth-order valence-corrected chi connectivity index (χ4v) is 5.55. The average Bonchev–Trinajstić information content (AvgIpc) is 3.63. The van der Waals surface area contributed by atoms with Crippen molar-refractivity contribution in [3.8, 4) is 28.6 Å². The van der Waals surface area contributed by atoms with Crippen LogP contribution in [-0.2, 0) is 27.4 Å². The van der Waals surface area contributed by atoms with Gasteiger partial charge in [-0.05, 0) is 66.6 Å². The summed E-state index contributed by atoms with van der Waals surface area (Å²) in [5, 5.41) is 3.51. The number of piperidine rings is 1. The number of rotatable bonds is 18. The van der Waals surface area contributed by atoms with Crippen LogP contribution in [0, 0.1) is 0 Å². The van der Waals surface area contributed by atoms with Crippen molar-refractivity contribution >= 4 is 0 Å². The summed E-state index contributed by atoms with van der Waals surface area (Å²) in [4.78, 5) is 0. The summed E-state index contributed by atoms with van der Waals surface area (Å²) >= 11 is 0. The lowest BCUT2D eigenvalue weighted by atomic mass is 9.87. The largest absolute Gasteiger partial charge is 0.496 e. The van der Waals surface area contributed by atoms with Crippen LogP contribution in [0.3, 0.4) is 0 Å². The van der Waals surface area contributed by atoms with Crippen LogP contribution in [0.4, 0.5) is 0 Å². The summed E-state index contributed by atoms with van der Waals surface area (Å²) in [6, 6.07) is 26.4. The maximum absolute atomic E-state index is 6.53. The molecule has 1 N–H and O–H groups in total. The van der Waals surface area contributed by atoms with E-state index in [4.69, 9.17) is 32.8 Å². The highest BCUT2D eigenvalue weighted by molar-refractivity contribution is 5.66. The molecule has 2 atom stereocenters. The van der Waals surface area contributed by atoms with Gasteiger partial charge in [0.15, 0.2) is 0 Å². The van der Waals surface area contributed by atoms with Crippen molar-refractivity contribution in [1.29, 1.82) is 0 Å². The third kappa shape index (κ3) is 9.58. The minimum absolute atomic E-state index is 0.0572. The summed E-state index contributed by atoms with van der Waals surface area (Å²) in [6.45, 7) is 5.24. The minimum atomic E-state index is 0.0572. The molecule has 2 heterocycles. The van der Waals surface area contributed by atoms with Gasteiger partial charge in [-0.2, -0.15) is 0 Å². The van der Waals surface area contributed by atoms with Crippen LogP contribution in [0.25, 0.3) is 11.3 Å². The second kappa shape index (κ2) is 17.6. The predicted octanol–water partition coefficient (Wildman–Crippen LogP) is 7.02. The molecule has 1 aliphatic heterocycles. The zero-order valence-corrected chi connectivity index (χ0v) is 26.4. The van der Waals surface area contributed by atoms with Gasteiger partial charge in [-0.1, -0.05) is 36.4 Å². The van der Waals surface area contributed by atoms with Gasteiger partial charge in [0.1, 0.15) is 23.0 Å². The zero-order valence-electron chi connectivity index (χ0n) is 26.4. The van der Waals surface area contributed by atoms with Crippen molar-refractivity contribution in [1.82, 2.24) is 5.32 Å². The molecule has 1 saturated heterocycles. The Bertz CT molecular complexity index is 1410. The van der Waals surface area contributed by atoms with Crippen molar-refractivity contribution in [3.63, 3.8) is 0 Å². The number of methoxy groups -OCH3 is 2. The summed E-state index contributed by atoms with van der Waals surface area (Å²) in [6.07, 6.45) is 4.37. The highest BCUT2D eigenvalue weighted by Crippen LogP contribution is 2.33. The highest BCUT2D eigenvalue weighted by Gasteiger charge is 2.27. The molecule has 1 fully saturated rings. The molecule has 1 aliphatic rings. The molecule has 0 saturated carbocycles. The monoisotopic (exact) mass is 615 g/mol. The molecule has 0 unspecified atom stereocenters. The van der Waals surface area contributed by atoms with Gasteiger partial charge in [-0.15, -0.1) is 0 Å². The second-order valence-corrected chi connectivity index (χ2v) is 11.1. The number of para-hydroxylation sites is 1. The van der Waals surface area contributed by atoms with E-state index >= 15 is 0 Å². The first-order valence-electron chi connectivity index (χ1n) is 15.8. The molecule has 8 heteroatoms. The molecule has 0 spiro atoms. The lowest BCUT2D eigenvalue weighted by molar-refractivity contribution is 0.0105. The quantitative estimate of drug-likeness (QED) is 0.120. The van der Waals surface area contributed by atoms with Gasteiger partial charge in [0.2, 0.25) is 0 Å². The Morgan fingerprint density at radius 1 is 0.800 bits per heavy atom. The van der Waals surface area contributed by atoms with Gasteiger partial charge in [-0.3, -0.25) is 0 Å². The van der Waals surface area contributed by atoms with E-state index in [0.29, 0.717) is 45.6 Å². The van der Waals surface area contributed by atoms with Crippen LogP contribution in [0.2, 0.25) is 0 Å². The normalized spacial score (nSPS) is 16.4. The van der Waals surface area contributed by atoms with E-state index in [0.717, 1.165) is 72.1 Å². The molecule has 1 aromatic heterocycles. The van der Waals surface area contributed by atoms with Crippen LogP contribution in [0.5, 0.6) is 17.2 Å². The van der Waals surface area contributed by atoms with Crippen molar-refractivity contribution in [2.75, 3.05) is 53.7 Å². The standard InChI is InChI=1S/C37H45NO7/c1-39-19-6-23-44-36-24-28(11-16-33(36)35-10-5-21-43-35)26-45-37-25-38-18-17-32(37)29-12-14-31(15-13-29)42-22-7-20-41-27-30-8-3-4-9-34(30)40-2/h3-5,8-16,21,24,32,37-38H,6-7,17-20,22-23,25-27H2,1-2H3/t32-,37+/m1/s1. The van der Waals surface area contributed by atoms with Gasteiger partial charge in [-0.25, -0.2) is 0 Å². The summed E-state index contributed by atoms with van der Waals surface area (Å²) < 4.78 is 40.7.